The minimum Gasteiger partial charge on any atom is -0.303 e. The number of nitrogens with zero attached hydrogens (tertiary/aromatic N) is 1. The van der Waals surface area contributed by atoms with Crippen molar-refractivity contribution in [3.05, 3.63) is 33.8 Å². The second-order valence-corrected chi connectivity index (χ2v) is 6.99. The summed E-state index contributed by atoms with van der Waals surface area (Å²) in [6.07, 6.45) is 5.98. The maximum atomic E-state index is 6.34. The van der Waals surface area contributed by atoms with E-state index in [4.69, 9.17) is 23.2 Å². The highest BCUT2D eigenvalue weighted by atomic mass is 35.5. The monoisotopic (exact) mass is 299 g/mol. The SMILES string of the molecule is CC1CCC(Cc2c(Cl)cccc2Cl)(N(C)C)CC1. The summed E-state index contributed by atoms with van der Waals surface area (Å²) in [4.78, 5) is 2.37. The lowest BCUT2D eigenvalue weighted by Crippen LogP contribution is -2.48. The molecule has 3 heteroatoms. The Morgan fingerprint density at radius 2 is 1.68 bits per heavy atom. The van der Waals surface area contributed by atoms with E-state index in [1.54, 1.807) is 0 Å². The molecule has 1 saturated carbocycles. The van der Waals surface area contributed by atoms with E-state index >= 15 is 0 Å². The molecule has 1 aromatic carbocycles. The molecule has 0 N–H and O–H groups in total. The highest BCUT2D eigenvalue weighted by Crippen LogP contribution is 2.40. The molecule has 0 spiro atoms. The van der Waals surface area contributed by atoms with Gasteiger partial charge < -0.3 is 4.90 Å². The van der Waals surface area contributed by atoms with Crippen molar-refractivity contribution in [3.63, 3.8) is 0 Å². The first kappa shape index (κ1) is 15.2. The molecule has 0 amide bonds. The van der Waals surface area contributed by atoms with Gasteiger partial charge in [-0.15, -0.1) is 0 Å². The summed E-state index contributed by atoms with van der Waals surface area (Å²) in [6, 6.07) is 5.80. The van der Waals surface area contributed by atoms with Gasteiger partial charge in [0.15, 0.2) is 0 Å². The number of likely N-dealkylation sites (N-methyl/N-ethyl adjacent to an activating group) is 1. The molecule has 19 heavy (non-hydrogen) atoms. The van der Waals surface area contributed by atoms with Crippen molar-refractivity contribution in [2.75, 3.05) is 14.1 Å². The Bertz CT molecular complexity index is 414. The van der Waals surface area contributed by atoms with Gasteiger partial charge in [-0.05, 0) is 69.8 Å². The fourth-order valence-electron chi connectivity index (χ4n) is 3.11. The zero-order valence-electron chi connectivity index (χ0n) is 12.0. The van der Waals surface area contributed by atoms with E-state index in [9.17, 15) is 0 Å². The maximum Gasteiger partial charge on any atom is 0.0453 e. The van der Waals surface area contributed by atoms with Crippen LogP contribution in [0.5, 0.6) is 0 Å². The predicted octanol–water partition coefficient (Wildman–Crippen LogP) is 5.05. The second-order valence-electron chi connectivity index (χ2n) is 6.18. The number of rotatable bonds is 3. The third-order valence-corrected chi connectivity index (χ3v) is 5.43. The van der Waals surface area contributed by atoms with E-state index in [1.165, 1.54) is 25.7 Å². The summed E-state index contributed by atoms with van der Waals surface area (Å²) in [5, 5.41) is 1.60. The molecule has 1 nitrogen and oxygen atoms in total. The Balaban J connectivity index is 2.27. The summed E-state index contributed by atoms with van der Waals surface area (Å²) in [5.41, 5.74) is 1.32. The van der Waals surface area contributed by atoms with E-state index in [0.717, 1.165) is 27.9 Å². The average molecular weight is 300 g/mol. The lowest BCUT2D eigenvalue weighted by molar-refractivity contribution is 0.0830. The van der Waals surface area contributed by atoms with Gasteiger partial charge in [0, 0.05) is 15.6 Å². The summed E-state index contributed by atoms with van der Waals surface area (Å²) in [5.74, 6) is 0.842. The first-order valence-corrected chi connectivity index (χ1v) is 7.80. The van der Waals surface area contributed by atoms with Crippen LogP contribution in [0.15, 0.2) is 18.2 Å². The standard InChI is InChI=1S/C16H23Cl2N/c1-12-7-9-16(10-8-12,19(2)3)11-13-14(17)5-4-6-15(13)18/h4-6,12H,7-11H2,1-3H3. The largest absolute Gasteiger partial charge is 0.303 e. The van der Waals surface area contributed by atoms with Crippen molar-refractivity contribution < 1.29 is 0 Å². The lowest BCUT2D eigenvalue weighted by atomic mass is 9.73. The van der Waals surface area contributed by atoms with Crippen LogP contribution in [0.1, 0.15) is 38.2 Å². The molecular weight excluding hydrogens is 277 g/mol. The number of hydrogen-bond donors (Lipinski definition) is 0. The van der Waals surface area contributed by atoms with Gasteiger partial charge in [0.1, 0.15) is 0 Å². The lowest BCUT2D eigenvalue weighted by Gasteiger charge is -2.45. The summed E-state index contributed by atoms with van der Waals surface area (Å²) < 4.78 is 0. The molecular formula is C16H23Cl2N. The van der Waals surface area contributed by atoms with E-state index < -0.39 is 0 Å². The third-order valence-electron chi connectivity index (χ3n) is 4.72. The van der Waals surface area contributed by atoms with Gasteiger partial charge in [-0.2, -0.15) is 0 Å². The van der Waals surface area contributed by atoms with Gasteiger partial charge in [0.05, 0.1) is 0 Å². The number of benzene rings is 1. The molecule has 0 radical (unpaired) electrons. The third kappa shape index (κ3) is 3.26. The summed E-state index contributed by atoms with van der Waals surface area (Å²) >= 11 is 12.7. The zero-order valence-corrected chi connectivity index (χ0v) is 13.6. The first-order valence-electron chi connectivity index (χ1n) is 7.05. The van der Waals surface area contributed by atoms with E-state index in [2.05, 4.69) is 25.9 Å². The zero-order chi connectivity index (χ0) is 14.0. The molecule has 106 valence electrons. The quantitative estimate of drug-likeness (QED) is 0.755. The number of hydrogen-bond acceptors (Lipinski definition) is 1. The smallest absolute Gasteiger partial charge is 0.0453 e. The van der Waals surface area contributed by atoms with Crippen LogP contribution < -0.4 is 0 Å². The molecule has 1 aliphatic rings. The van der Waals surface area contributed by atoms with Crippen LogP contribution in [-0.4, -0.2) is 24.5 Å². The molecule has 0 aromatic heterocycles. The van der Waals surface area contributed by atoms with Crippen LogP contribution in [0.4, 0.5) is 0 Å². The molecule has 0 bridgehead atoms. The fourth-order valence-corrected chi connectivity index (χ4v) is 3.64. The molecule has 1 aromatic rings. The van der Waals surface area contributed by atoms with Gasteiger partial charge in [0.2, 0.25) is 0 Å². The minimum atomic E-state index is 0.209. The average Bonchev–Trinajstić information content (AvgIpc) is 2.36. The van der Waals surface area contributed by atoms with Crippen molar-refractivity contribution in [1.82, 2.24) is 4.90 Å². The minimum absolute atomic E-state index is 0.209. The molecule has 1 fully saturated rings. The topological polar surface area (TPSA) is 3.24 Å². The van der Waals surface area contributed by atoms with E-state index in [0.29, 0.717) is 0 Å². The molecule has 0 unspecified atom stereocenters. The van der Waals surface area contributed by atoms with Gasteiger partial charge in [-0.3, -0.25) is 0 Å². The Morgan fingerprint density at radius 1 is 1.16 bits per heavy atom. The molecule has 2 rings (SSSR count). The highest BCUT2D eigenvalue weighted by molar-refractivity contribution is 6.36. The van der Waals surface area contributed by atoms with Crippen LogP contribution in [0, 0.1) is 5.92 Å². The van der Waals surface area contributed by atoms with Crippen LogP contribution in [0.25, 0.3) is 0 Å². The Morgan fingerprint density at radius 3 is 2.16 bits per heavy atom. The Kier molecular flexibility index (Phi) is 4.81. The van der Waals surface area contributed by atoms with Crippen molar-refractivity contribution in [3.8, 4) is 0 Å². The molecule has 1 aliphatic carbocycles. The van der Waals surface area contributed by atoms with Crippen molar-refractivity contribution in [2.45, 2.75) is 44.6 Å². The molecule has 0 aliphatic heterocycles. The van der Waals surface area contributed by atoms with Crippen LogP contribution >= 0.6 is 23.2 Å². The fraction of sp³-hybridized carbons (Fsp3) is 0.625. The van der Waals surface area contributed by atoms with E-state index in [-0.39, 0.29) is 5.54 Å². The first-order chi connectivity index (χ1) is 8.94. The van der Waals surface area contributed by atoms with Gasteiger partial charge in [0.25, 0.3) is 0 Å². The molecule has 0 heterocycles. The highest BCUT2D eigenvalue weighted by Gasteiger charge is 2.37. The van der Waals surface area contributed by atoms with Crippen LogP contribution in [0.3, 0.4) is 0 Å². The molecule has 0 atom stereocenters. The normalized spacial score (nSPS) is 27.8. The van der Waals surface area contributed by atoms with Gasteiger partial charge >= 0.3 is 0 Å². The number of halogens is 2. The Labute approximate surface area is 126 Å². The summed E-state index contributed by atoms with van der Waals surface area (Å²) in [7, 11) is 4.36. The summed E-state index contributed by atoms with van der Waals surface area (Å²) in [6.45, 7) is 2.35. The van der Waals surface area contributed by atoms with E-state index in [1.807, 2.05) is 18.2 Å². The maximum absolute atomic E-state index is 6.34. The van der Waals surface area contributed by atoms with Crippen LogP contribution in [0.2, 0.25) is 10.0 Å². The predicted molar refractivity (Wildman–Crippen MR) is 84.2 cm³/mol. The van der Waals surface area contributed by atoms with Crippen molar-refractivity contribution in [1.29, 1.82) is 0 Å². The van der Waals surface area contributed by atoms with Crippen molar-refractivity contribution in [2.24, 2.45) is 5.92 Å². The molecule has 0 saturated heterocycles. The van der Waals surface area contributed by atoms with Crippen molar-refractivity contribution >= 4 is 23.2 Å². The van der Waals surface area contributed by atoms with Gasteiger partial charge in [-0.1, -0.05) is 36.2 Å². The van der Waals surface area contributed by atoms with Crippen LogP contribution in [-0.2, 0) is 6.42 Å². The second kappa shape index (κ2) is 6.03. The van der Waals surface area contributed by atoms with Gasteiger partial charge in [-0.25, -0.2) is 0 Å². The Hall–Kier alpha value is -0.240.